The number of fused-ring (bicyclic) bond motifs is 2. The van der Waals surface area contributed by atoms with Crippen LogP contribution in [0.4, 0.5) is 0 Å². The van der Waals surface area contributed by atoms with Gasteiger partial charge >= 0.3 is 0 Å². The van der Waals surface area contributed by atoms with Gasteiger partial charge in [-0.15, -0.1) is 5.10 Å². The van der Waals surface area contributed by atoms with Gasteiger partial charge < -0.3 is 5.32 Å². The van der Waals surface area contributed by atoms with E-state index in [0.29, 0.717) is 17.8 Å². The highest BCUT2D eigenvalue weighted by Gasteiger charge is 2.43. The molecule has 15 heavy (non-hydrogen) atoms. The quantitative estimate of drug-likeness (QED) is 0.699. The zero-order chi connectivity index (χ0) is 10.4. The summed E-state index contributed by atoms with van der Waals surface area (Å²) in [5, 5.41) is 11.0. The number of ketones is 1. The Labute approximate surface area is 87.8 Å². The highest BCUT2D eigenvalue weighted by Crippen LogP contribution is 2.34. The molecule has 3 rings (SSSR count). The molecule has 0 aliphatic carbocycles. The second kappa shape index (κ2) is 3.13. The van der Waals surface area contributed by atoms with Crippen molar-refractivity contribution in [2.24, 2.45) is 13.0 Å². The maximum absolute atomic E-state index is 12.2. The summed E-state index contributed by atoms with van der Waals surface area (Å²) < 4.78 is 1.56. The number of rotatable bonds is 2. The Balaban J connectivity index is 1.84. The molecular formula is C10H14N4O. The van der Waals surface area contributed by atoms with Crippen LogP contribution in [0.25, 0.3) is 0 Å². The molecule has 0 spiro atoms. The van der Waals surface area contributed by atoms with Gasteiger partial charge in [0.15, 0.2) is 5.78 Å². The smallest absolute Gasteiger partial charge is 0.187 e. The second-order valence-electron chi connectivity index (χ2n) is 4.50. The maximum atomic E-state index is 12.2. The number of aryl methyl sites for hydroxylation is 1. The van der Waals surface area contributed by atoms with Gasteiger partial charge in [-0.05, 0) is 19.3 Å². The molecule has 3 atom stereocenters. The molecule has 5 heteroatoms. The lowest BCUT2D eigenvalue weighted by molar-refractivity contribution is 0.0891. The van der Waals surface area contributed by atoms with Gasteiger partial charge in [0.25, 0.3) is 0 Å². The lowest BCUT2D eigenvalue weighted by Crippen LogP contribution is -2.29. The Bertz CT molecular complexity index is 400. The molecule has 2 fully saturated rings. The molecule has 80 valence electrons. The van der Waals surface area contributed by atoms with Gasteiger partial charge in [-0.3, -0.25) is 4.79 Å². The molecule has 1 aromatic heterocycles. The molecule has 0 aromatic carbocycles. The molecule has 0 amide bonds. The van der Waals surface area contributed by atoms with E-state index in [2.05, 4.69) is 15.6 Å². The number of hydrogen-bond donors (Lipinski definition) is 1. The molecule has 2 bridgehead atoms. The van der Waals surface area contributed by atoms with Gasteiger partial charge in [0.1, 0.15) is 5.69 Å². The van der Waals surface area contributed by atoms with Crippen LogP contribution >= 0.6 is 0 Å². The van der Waals surface area contributed by atoms with E-state index in [1.165, 1.54) is 6.42 Å². The minimum absolute atomic E-state index is 0.140. The summed E-state index contributed by atoms with van der Waals surface area (Å²) in [6.45, 7) is 0. The summed E-state index contributed by atoms with van der Waals surface area (Å²) >= 11 is 0. The number of aromatic nitrogens is 3. The first kappa shape index (κ1) is 9.03. The van der Waals surface area contributed by atoms with Gasteiger partial charge in [0.2, 0.25) is 0 Å². The van der Waals surface area contributed by atoms with Crippen LogP contribution in [0, 0.1) is 5.92 Å². The molecule has 3 heterocycles. The van der Waals surface area contributed by atoms with Crippen molar-refractivity contribution in [3.63, 3.8) is 0 Å². The molecule has 2 aliphatic rings. The summed E-state index contributed by atoms with van der Waals surface area (Å²) in [4.78, 5) is 12.2. The highest BCUT2D eigenvalue weighted by molar-refractivity contribution is 5.96. The van der Waals surface area contributed by atoms with E-state index in [1.807, 2.05) is 0 Å². The van der Waals surface area contributed by atoms with E-state index >= 15 is 0 Å². The third-order valence-corrected chi connectivity index (χ3v) is 3.60. The van der Waals surface area contributed by atoms with Crippen molar-refractivity contribution in [3.8, 4) is 0 Å². The topological polar surface area (TPSA) is 59.8 Å². The van der Waals surface area contributed by atoms with Crippen molar-refractivity contribution in [2.75, 3.05) is 0 Å². The van der Waals surface area contributed by atoms with E-state index in [4.69, 9.17) is 0 Å². The van der Waals surface area contributed by atoms with E-state index in [9.17, 15) is 4.79 Å². The van der Waals surface area contributed by atoms with Crippen molar-refractivity contribution in [1.82, 2.24) is 20.3 Å². The van der Waals surface area contributed by atoms with E-state index in [1.54, 1.807) is 17.9 Å². The first-order valence-corrected chi connectivity index (χ1v) is 5.40. The Morgan fingerprint density at radius 3 is 3.00 bits per heavy atom. The second-order valence-corrected chi connectivity index (χ2v) is 4.50. The average molecular weight is 206 g/mol. The zero-order valence-electron chi connectivity index (χ0n) is 8.68. The zero-order valence-corrected chi connectivity index (χ0v) is 8.68. The van der Waals surface area contributed by atoms with E-state index < -0.39 is 0 Å². The van der Waals surface area contributed by atoms with Gasteiger partial charge in [0, 0.05) is 25.0 Å². The summed E-state index contributed by atoms with van der Waals surface area (Å²) in [6.07, 6.45) is 4.90. The molecule has 1 aromatic rings. The molecule has 2 aliphatic heterocycles. The normalized spacial score (nSPS) is 33.5. The third kappa shape index (κ3) is 1.30. The summed E-state index contributed by atoms with van der Waals surface area (Å²) in [6, 6.07) is 0.947. The Hall–Kier alpha value is -1.23. The van der Waals surface area contributed by atoms with E-state index in [0.717, 1.165) is 12.8 Å². The molecule has 0 radical (unpaired) electrons. The minimum atomic E-state index is 0.140. The van der Waals surface area contributed by atoms with Crippen LogP contribution in [0.15, 0.2) is 6.20 Å². The fourth-order valence-corrected chi connectivity index (χ4v) is 2.82. The van der Waals surface area contributed by atoms with Gasteiger partial charge in [0.05, 0.1) is 6.20 Å². The largest absolute Gasteiger partial charge is 0.310 e. The molecule has 3 unspecified atom stereocenters. The number of nitrogens with one attached hydrogen (secondary N) is 1. The van der Waals surface area contributed by atoms with Crippen LogP contribution in [0.1, 0.15) is 29.8 Å². The van der Waals surface area contributed by atoms with E-state index in [-0.39, 0.29) is 11.7 Å². The van der Waals surface area contributed by atoms with Crippen LogP contribution in [-0.4, -0.2) is 32.9 Å². The van der Waals surface area contributed by atoms with Crippen molar-refractivity contribution >= 4 is 5.78 Å². The summed E-state index contributed by atoms with van der Waals surface area (Å²) in [5.41, 5.74) is 0.634. The van der Waals surface area contributed by atoms with Crippen LogP contribution in [0.5, 0.6) is 0 Å². The maximum Gasteiger partial charge on any atom is 0.187 e. The molecule has 0 saturated carbocycles. The molecular weight excluding hydrogens is 192 g/mol. The molecule has 5 nitrogen and oxygen atoms in total. The van der Waals surface area contributed by atoms with Gasteiger partial charge in [-0.25, -0.2) is 4.68 Å². The Kier molecular flexibility index (Phi) is 1.88. The fraction of sp³-hybridized carbons (Fsp3) is 0.700. The number of Topliss-reactive ketones (excluding diaryl/α,β-unsaturated/α-hetero) is 1. The van der Waals surface area contributed by atoms with Crippen molar-refractivity contribution in [2.45, 2.75) is 31.3 Å². The lowest BCUT2D eigenvalue weighted by Gasteiger charge is -2.18. The van der Waals surface area contributed by atoms with Crippen LogP contribution < -0.4 is 5.32 Å². The summed E-state index contributed by atoms with van der Waals surface area (Å²) in [7, 11) is 1.76. The van der Waals surface area contributed by atoms with Crippen LogP contribution in [0.3, 0.4) is 0 Å². The van der Waals surface area contributed by atoms with Crippen LogP contribution in [0.2, 0.25) is 0 Å². The number of hydrogen-bond acceptors (Lipinski definition) is 4. The fourth-order valence-electron chi connectivity index (χ4n) is 2.82. The van der Waals surface area contributed by atoms with Crippen molar-refractivity contribution in [1.29, 1.82) is 0 Å². The number of nitrogens with zero attached hydrogens (tertiary/aromatic N) is 3. The third-order valence-electron chi connectivity index (χ3n) is 3.60. The first-order valence-electron chi connectivity index (χ1n) is 5.40. The Morgan fingerprint density at radius 2 is 2.47 bits per heavy atom. The highest BCUT2D eigenvalue weighted by atomic mass is 16.1. The monoisotopic (exact) mass is 206 g/mol. The number of carbonyl (C=O) groups is 1. The SMILES string of the molecule is Cn1nncc1C(=O)C1CC2CCC1N2. The predicted molar refractivity (Wildman–Crippen MR) is 53.4 cm³/mol. The Morgan fingerprint density at radius 1 is 1.60 bits per heavy atom. The van der Waals surface area contributed by atoms with Gasteiger partial charge in [-0.2, -0.15) is 0 Å². The molecule has 1 N–H and O–H groups in total. The summed E-state index contributed by atoms with van der Waals surface area (Å²) in [5.74, 6) is 0.336. The van der Waals surface area contributed by atoms with Crippen molar-refractivity contribution < 1.29 is 4.79 Å². The van der Waals surface area contributed by atoms with Gasteiger partial charge in [-0.1, -0.05) is 5.21 Å². The lowest BCUT2D eigenvalue weighted by atomic mass is 9.85. The van der Waals surface area contributed by atoms with Crippen molar-refractivity contribution in [3.05, 3.63) is 11.9 Å². The number of carbonyl (C=O) groups excluding carboxylic acids is 1. The standard InChI is InChI=1S/C10H14N4O/c1-14-9(5-11-13-14)10(15)7-4-6-2-3-8(7)12-6/h5-8,12H,2-4H2,1H3. The average Bonchev–Trinajstić information content (AvgIpc) is 2.91. The van der Waals surface area contributed by atoms with Crippen LogP contribution in [-0.2, 0) is 7.05 Å². The molecule has 2 saturated heterocycles. The minimum Gasteiger partial charge on any atom is -0.310 e. The first-order chi connectivity index (χ1) is 7.25. The predicted octanol–water partition coefficient (Wildman–Crippen LogP) is 0.138.